The van der Waals surface area contributed by atoms with E-state index in [2.05, 4.69) is 0 Å². The topological polar surface area (TPSA) is 52.6 Å². The minimum Gasteiger partial charge on any atom is -0.309 e. The van der Waals surface area contributed by atoms with Crippen molar-refractivity contribution in [2.75, 3.05) is 19.4 Å². The summed E-state index contributed by atoms with van der Waals surface area (Å²) in [5, 5.41) is -0.426. The lowest BCUT2D eigenvalue weighted by atomic mass is 10.4. The second-order valence-electron chi connectivity index (χ2n) is 2.63. The van der Waals surface area contributed by atoms with E-state index >= 15 is 0 Å². The van der Waals surface area contributed by atoms with E-state index in [9.17, 15) is 9.36 Å². The summed E-state index contributed by atoms with van der Waals surface area (Å²) in [7, 11) is -2.99. The molecular formula is C8H16ClO4P. The van der Waals surface area contributed by atoms with Gasteiger partial charge in [-0.15, -0.1) is 0 Å². The second-order valence-corrected chi connectivity index (χ2v) is 5.24. The zero-order valence-corrected chi connectivity index (χ0v) is 10.1. The normalized spacial score (nSPS) is 11.6. The van der Waals surface area contributed by atoms with Crippen LogP contribution < -0.4 is 0 Å². The van der Waals surface area contributed by atoms with Gasteiger partial charge in [-0.25, -0.2) is 0 Å². The van der Waals surface area contributed by atoms with E-state index in [1.54, 1.807) is 13.8 Å². The van der Waals surface area contributed by atoms with Gasteiger partial charge in [-0.1, -0.05) is 0 Å². The van der Waals surface area contributed by atoms with E-state index in [-0.39, 0.29) is 12.6 Å². The van der Waals surface area contributed by atoms with Gasteiger partial charge in [-0.3, -0.25) is 9.36 Å². The number of hydrogen-bond acceptors (Lipinski definition) is 4. The quantitative estimate of drug-likeness (QED) is 0.485. The highest BCUT2D eigenvalue weighted by atomic mass is 35.5. The maximum absolute atomic E-state index is 11.8. The summed E-state index contributed by atoms with van der Waals surface area (Å²) >= 11 is 5.15. The number of rotatable bonds is 8. The van der Waals surface area contributed by atoms with Gasteiger partial charge in [0.15, 0.2) is 0 Å². The molecule has 84 valence electrons. The third-order valence-corrected chi connectivity index (χ3v) is 3.81. The molecule has 0 aliphatic heterocycles. The molecule has 0 aromatic carbocycles. The van der Waals surface area contributed by atoms with Crippen LogP contribution in [0.1, 0.15) is 26.7 Å². The summed E-state index contributed by atoms with van der Waals surface area (Å²) in [5.74, 6) is 0. The van der Waals surface area contributed by atoms with Crippen molar-refractivity contribution in [3.8, 4) is 0 Å². The fourth-order valence-electron chi connectivity index (χ4n) is 0.971. The molecule has 0 aliphatic carbocycles. The molecule has 4 nitrogen and oxygen atoms in total. The molecular weight excluding hydrogens is 227 g/mol. The molecule has 0 saturated carbocycles. The SMILES string of the molecule is CCOP(=O)(CCCC(=O)Cl)OCC. The van der Waals surface area contributed by atoms with E-state index in [4.69, 9.17) is 20.6 Å². The Hall–Kier alpha value is 0.110. The van der Waals surface area contributed by atoms with Crippen LogP contribution >= 0.6 is 19.2 Å². The molecule has 0 aromatic rings. The van der Waals surface area contributed by atoms with Crippen molar-refractivity contribution in [2.24, 2.45) is 0 Å². The van der Waals surface area contributed by atoms with Gasteiger partial charge in [0.05, 0.1) is 19.4 Å². The summed E-state index contributed by atoms with van der Waals surface area (Å²) in [4.78, 5) is 10.4. The van der Waals surface area contributed by atoms with Crippen molar-refractivity contribution >= 4 is 24.4 Å². The van der Waals surface area contributed by atoms with E-state index in [1.807, 2.05) is 0 Å². The Balaban J connectivity index is 3.96. The van der Waals surface area contributed by atoms with Crippen LogP contribution in [-0.2, 0) is 18.4 Å². The van der Waals surface area contributed by atoms with Gasteiger partial charge in [-0.2, -0.15) is 0 Å². The van der Waals surface area contributed by atoms with Crippen LogP contribution in [0.4, 0.5) is 0 Å². The molecule has 0 atom stereocenters. The molecule has 0 spiro atoms. The molecule has 14 heavy (non-hydrogen) atoms. The molecule has 0 fully saturated rings. The zero-order chi connectivity index (χ0) is 11.0. The lowest BCUT2D eigenvalue weighted by Crippen LogP contribution is -2.01. The van der Waals surface area contributed by atoms with Crippen LogP contribution in [-0.4, -0.2) is 24.6 Å². The molecule has 0 aliphatic rings. The van der Waals surface area contributed by atoms with E-state index in [1.165, 1.54) is 0 Å². The Morgan fingerprint density at radius 2 is 1.79 bits per heavy atom. The van der Waals surface area contributed by atoms with Gasteiger partial charge in [0, 0.05) is 6.42 Å². The van der Waals surface area contributed by atoms with E-state index < -0.39 is 12.8 Å². The molecule has 0 N–H and O–H groups in total. The fraction of sp³-hybridized carbons (Fsp3) is 0.875. The Labute approximate surface area is 89.4 Å². The minimum absolute atomic E-state index is 0.200. The van der Waals surface area contributed by atoms with E-state index in [0.29, 0.717) is 19.6 Å². The first-order valence-electron chi connectivity index (χ1n) is 4.60. The first-order valence-corrected chi connectivity index (χ1v) is 6.71. The minimum atomic E-state index is -2.99. The van der Waals surface area contributed by atoms with Gasteiger partial charge in [-0.05, 0) is 31.9 Å². The van der Waals surface area contributed by atoms with Crippen molar-refractivity contribution < 1.29 is 18.4 Å². The Morgan fingerprint density at radius 3 is 2.14 bits per heavy atom. The summed E-state index contributed by atoms with van der Waals surface area (Å²) in [6.07, 6.45) is 0.873. The van der Waals surface area contributed by atoms with Gasteiger partial charge in [0.25, 0.3) is 0 Å². The monoisotopic (exact) mass is 242 g/mol. The van der Waals surface area contributed by atoms with Crippen molar-refractivity contribution in [3.63, 3.8) is 0 Å². The number of hydrogen-bond donors (Lipinski definition) is 0. The number of halogens is 1. The smallest absolute Gasteiger partial charge is 0.309 e. The zero-order valence-electron chi connectivity index (χ0n) is 8.49. The highest BCUT2D eigenvalue weighted by Gasteiger charge is 2.22. The van der Waals surface area contributed by atoms with Crippen molar-refractivity contribution in [3.05, 3.63) is 0 Å². The van der Waals surface area contributed by atoms with Crippen molar-refractivity contribution in [1.29, 1.82) is 0 Å². The number of carbonyl (C=O) groups is 1. The molecule has 0 unspecified atom stereocenters. The molecule has 0 rings (SSSR count). The van der Waals surface area contributed by atoms with Gasteiger partial charge < -0.3 is 9.05 Å². The van der Waals surface area contributed by atoms with Crippen LogP contribution in [0.2, 0.25) is 0 Å². The molecule has 0 amide bonds. The highest BCUT2D eigenvalue weighted by molar-refractivity contribution is 7.53. The van der Waals surface area contributed by atoms with Crippen LogP contribution in [0.5, 0.6) is 0 Å². The Morgan fingerprint density at radius 1 is 1.29 bits per heavy atom. The third-order valence-electron chi connectivity index (χ3n) is 1.46. The van der Waals surface area contributed by atoms with Gasteiger partial charge in [0.2, 0.25) is 5.24 Å². The number of carbonyl (C=O) groups excluding carboxylic acids is 1. The lowest BCUT2D eigenvalue weighted by molar-refractivity contribution is -0.111. The molecule has 0 bridgehead atoms. The first-order chi connectivity index (χ1) is 6.54. The summed E-state index contributed by atoms with van der Waals surface area (Å²) < 4.78 is 21.9. The third kappa shape index (κ3) is 6.55. The lowest BCUT2D eigenvalue weighted by Gasteiger charge is -2.16. The predicted molar refractivity (Wildman–Crippen MR) is 55.8 cm³/mol. The van der Waals surface area contributed by atoms with Gasteiger partial charge >= 0.3 is 7.60 Å². The highest BCUT2D eigenvalue weighted by Crippen LogP contribution is 2.48. The summed E-state index contributed by atoms with van der Waals surface area (Å²) in [5.41, 5.74) is 0. The Kier molecular flexibility index (Phi) is 7.47. The van der Waals surface area contributed by atoms with Crippen molar-refractivity contribution in [2.45, 2.75) is 26.7 Å². The molecule has 6 heteroatoms. The predicted octanol–water partition coefficient (Wildman–Crippen LogP) is 2.80. The Bertz CT molecular complexity index is 209. The van der Waals surface area contributed by atoms with Crippen molar-refractivity contribution in [1.82, 2.24) is 0 Å². The molecule has 0 saturated heterocycles. The molecule has 0 aromatic heterocycles. The first kappa shape index (κ1) is 14.1. The fourth-order valence-corrected chi connectivity index (χ4v) is 2.77. The maximum Gasteiger partial charge on any atom is 0.330 e. The van der Waals surface area contributed by atoms with Gasteiger partial charge in [0.1, 0.15) is 0 Å². The van der Waals surface area contributed by atoms with Crippen LogP contribution in [0.3, 0.4) is 0 Å². The largest absolute Gasteiger partial charge is 0.330 e. The maximum atomic E-state index is 11.8. The van der Waals surface area contributed by atoms with E-state index in [0.717, 1.165) is 0 Å². The summed E-state index contributed by atoms with van der Waals surface area (Å²) in [6, 6.07) is 0. The molecule has 0 heterocycles. The van der Waals surface area contributed by atoms with Crippen LogP contribution in [0, 0.1) is 0 Å². The van der Waals surface area contributed by atoms with Crippen LogP contribution in [0.25, 0.3) is 0 Å². The van der Waals surface area contributed by atoms with Crippen LogP contribution in [0.15, 0.2) is 0 Å². The average Bonchev–Trinajstić information content (AvgIpc) is 2.03. The average molecular weight is 243 g/mol. The standard InChI is InChI=1S/C8H16ClO4P/c1-3-12-14(11,13-4-2)7-5-6-8(9)10/h3-7H2,1-2H3. The summed E-state index contributed by atoms with van der Waals surface area (Å²) in [6.45, 7) is 4.18. The second kappa shape index (κ2) is 7.41. The molecule has 0 radical (unpaired) electrons.